The van der Waals surface area contributed by atoms with Crippen molar-refractivity contribution in [1.82, 2.24) is 0 Å². The summed E-state index contributed by atoms with van der Waals surface area (Å²) in [5.74, 6) is -1.23. The Morgan fingerprint density at radius 3 is 2.19 bits per heavy atom. The lowest BCUT2D eigenvalue weighted by molar-refractivity contribution is -0.136. The van der Waals surface area contributed by atoms with Crippen molar-refractivity contribution in [2.75, 3.05) is 24.6 Å². The molecule has 0 aliphatic rings. The Morgan fingerprint density at radius 1 is 0.962 bits per heavy atom. The van der Waals surface area contributed by atoms with E-state index >= 15 is 0 Å². The fourth-order valence-electron chi connectivity index (χ4n) is 2.39. The summed E-state index contributed by atoms with van der Waals surface area (Å²) in [6, 6.07) is 13.5. The molecule has 0 saturated heterocycles. The minimum atomic E-state index is -0.978. The molecule has 0 unspecified atom stereocenters. The van der Waals surface area contributed by atoms with Crippen LogP contribution in [0.5, 0.6) is 5.75 Å². The maximum Gasteiger partial charge on any atom is 0.335 e. The third-order valence-electron chi connectivity index (χ3n) is 3.73. The molecule has 0 fully saturated rings. The van der Waals surface area contributed by atoms with Gasteiger partial charge in [0.25, 0.3) is 0 Å². The van der Waals surface area contributed by atoms with Crippen LogP contribution in [0.25, 0.3) is 0 Å². The molecule has 7 heteroatoms. The monoisotopic (exact) mass is 377 g/mol. The maximum atomic E-state index is 10.9. The Labute approximate surface area is 156 Å². The van der Waals surface area contributed by atoms with Crippen molar-refractivity contribution in [1.29, 1.82) is 0 Å². The zero-order chi connectivity index (χ0) is 18.9. The highest BCUT2D eigenvalue weighted by atomic mass is 35.5. The molecule has 0 amide bonds. The van der Waals surface area contributed by atoms with Gasteiger partial charge in [-0.15, -0.1) is 0 Å². The minimum absolute atomic E-state index is 0.0418. The van der Waals surface area contributed by atoms with Crippen LogP contribution in [-0.2, 0) is 4.79 Å². The van der Waals surface area contributed by atoms with Gasteiger partial charge >= 0.3 is 11.9 Å². The zero-order valence-corrected chi connectivity index (χ0v) is 14.9. The van der Waals surface area contributed by atoms with Gasteiger partial charge in [0.05, 0.1) is 18.6 Å². The van der Waals surface area contributed by atoms with Gasteiger partial charge in [0, 0.05) is 23.8 Å². The number of carbonyl (C=O) groups is 2. The van der Waals surface area contributed by atoms with Crippen LogP contribution in [0.15, 0.2) is 48.5 Å². The van der Waals surface area contributed by atoms with Gasteiger partial charge < -0.3 is 19.8 Å². The third-order valence-corrected chi connectivity index (χ3v) is 3.98. The summed E-state index contributed by atoms with van der Waals surface area (Å²) in [5.41, 5.74) is 1.11. The molecule has 0 atom stereocenters. The smallest absolute Gasteiger partial charge is 0.335 e. The molecule has 0 bridgehead atoms. The van der Waals surface area contributed by atoms with Gasteiger partial charge in [-0.2, -0.15) is 0 Å². The largest absolute Gasteiger partial charge is 0.494 e. The van der Waals surface area contributed by atoms with E-state index in [2.05, 4.69) is 0 Å². The molecule has 0 radical (unpaired) electrons. The summed E-state index contributed by atoms with van der Waals surface area (Å²) in [4.78, 5) is 23.7. The standard InChI is InChI=1S/C19H20ClNO5/c20-15-4-6-16(7-5-15)21(12-10-18(22)23)11-1-13-26-17-8-2-14(3-9-17)19(24)25/h2-9H,1,10-13H2,(H,22,23)(H,24,25). The molecule has 26 heavy (non-hydrogen) atoms. The number of halogens is 1. The Morgan fingerprint density at radius 2 is 1.62 bits per heavy atom. The Hall–Kier alpha value is -2.73. The number of rotatable bonds is 10. The molecule has 2 aromatic carbocycles. The minimum Gasteiger partial charge on any atom is -0.494 e. The van der Waals surface area contributed by atoms with Gasteiger partial charge in [0.1, 0.15) is 5.75 Å². The summed E-state index contributed by atoms with van der Waals surface area (Å²) in [6.45, 7) is 1.45. The third kappa shape index (κ3) is 6.29. The van der Waals surface area contributed by atoms with E-state index in [1.165, 1.54) is 12.1 Å². The molecule has 0 heterocycles. The van der Waals surface area contributed by atoms with Gasteiger partial charge in [0.15, 0.2) is 0 Å². The second-order valence-corrected chi connectivity index (χ2v) is 6.08. The molecule has 0 aromatic heterocycles. The topological polar surface area (TPSA) is 87.1 Å². The lowest BCUT2D eigenvalue weighted by Crippen LogP contribution is -2.28. The molecule has 2 aromatic rings. The molecule has 138 valence electrons. The van der Waals surface area contributed by atoms with E-state index in [9.17, 15) is 9.59 Å². The normalized spacial score (nSPS) is 10.3. The van der Waals surface area contributed by atoms with Crippen molar-refractivity contribution < 1.29 is 24.5 Å². The number of ether oxygens (including phenoxy) is 1. The Kier molecular flexibility index (Phi) is 7.29. The van der Waals surface area contributed by atoms with Crippen LogP contribution in [0, 0.1) is 0 Å². The van der Waals surface area contributed by atoms with Crippen LogP contribution < -0.4 is 9.64 Å². The number of nitrogens with zero attached hydrogens (tertiary/aromatic N) is 1. The number of aromatic carboxylic acids is 1. The predicted molar refractivity (Wildman–Crippen MR) is 99.4 cm³/mol. The summed E-state index contributed by atoms with van der Waals surface area (Å²) in [7, 11) is 0. The van der Waals surface area contributed by atoms with E-state index in [4.69, 9.17) is 26.6 Å². The summed E-state index contributed by atoms with van der Waals surface area (Å²) >= 11 is 5.90. The van der Waals surface area contributed by atoms with Crippen molar-refractivity contribution in [3.05, 3.63) is 59.1 Å². The Bertz CT molecular complexity index is 731. The van der Waals surface area contributed by atoms with E-state index in [-0.39, 0.29) is 12.0 Å². The molecule has 0 aliphatic heterocycles. The highest BCUT2D eigenvalue weighted by Crippen LogP contribution is 2.19. The molecule has 0 aliphatic carbocycles. The predicted octanol–water partition coefficient (Wildman–Crippen LogP) is 3.79. The second-order valence-electron chi connectivity index (χ2n) is 5.64. The van der Waals surface area contributed by atoms with Crippen molar-refractivity contribution in [2.24, 2.45) is 0 Å². The van der Waals surface area contributed by atoms with Crippen LogP contribution in [0.4, 0.5) is 5.69 Å². The van der Waals surface area contributed by atoms with Crippen molar-refractivity contribution >= 4 is 29.2 Å². The maximum absolute atomic E-state index is 10.9. The van der Waals surface area contributed by atoms with Crippen LogP contribution in [0.2, 0.25) is 5.02 Å². The first kappa shape index (κ1) is 19.6. The van der Waals surface area contributed by atoms with Crippen molar-refractivity contribution in [2.45, 2.75) is 12.8 Å². The fraction of sp³-hybridized carbons (Fsp3) is 0.263. The lowest BCUT2D eigenvalue weighted by atomic mass is 10.2. The number of carboxylic acids is 2. The number of aliphatic carboxylic acids is 1. The first-order valence-electron chi connectivity index (χ1n) is 8.14. The molecular formula is C19H20ClNO5. The summed E-state index contributed by atoms with van der Waals surface area (Å²) in [6.07, 6.45) is 0.725. The van der Waals surface area contributed by atoms with E-state index < -0.39 is 11.9 Å². The van der Waals surface area contributed by atoms with Gasteiger partial charge in [-0.05, 0) is 55.0 Å². The van der Waals surface area contributed by atoms with Crippen LogP contribution >= 0.6 is 11.6 Å². The first-order chi connectivity index (χ1) is 12.5. The number of carboxylic acid groups (broad SMARTS) is 2. The molecular weight excluding hydrogens is 358 g/mol. The van der Waals surface area contributed by atoms with E-state index in [0.717, 1.165) is 5.69 Å². The Balaban J connectivity index is 1.86. The number of anilines is 1. The number of hydrogen-bond donors (Lipinski definition) is 2. The summed E-state index contributed by atoms with van der Waals surface area (Å²) in [5, 5.41) is 18.4. The average Bonchev–Trinajstić information content (AvgIpc) is 2.62. The van der Waals surface area contributed by atoms with Crippen molar-refractivity contribution in [3.8, 4) is 5.75 Å². The second kappa shape index (κ2) is 9.68. The van der Waals surface area contributed by atoms with Gasteiger partial charge in [-0.3, -0.25) is 4.79 Å². The molecule has 2 rings (SSSR count). The van der Waals surface area contributed by atoms with E-state index in [1.54, 1.807) is 24.3 Å². The highest BCUT2D eigenvalue weighted by Gasteiger charge is 2.09. The van der Waals surface area contributed by atoms with Crippen LogP contribution in [0.1, 0.15) is 23.2 Å². The van der Waals surface area contributed by atoms with Gasteiger partial charge in [0.2, 0.25) is 0 Å². The van der Waals surface area contributed by atoms with Crippen LogP contribution in [0.3, 0.4) is 0 Å². The van der Waals surface area contributed by atoms with Gasteiger partial charge in [-0.25, -0.2) is 4.79 Å². The molecule has 0 spiro atoms. The number of hydrogen-bond acceptors (Lipinski definition) is 4. The summed E-state index contributed by atoms with van der Waals surface area (Å²) < 4.78 is 5.61. The highest BCUT2D eigenvalue weighted by molar-refractivity contribution is 6.30. The fourth-order valence-corrected chi connectivity index (χ4v) is 2.52. The SMILES string of the molecule is O=C(O)CCN(CCCOc1ccc(C(=O)O)cc1)c1ccc(Cl)cc1. The van der Waals surface area contributed by atoms with Crippen LogP contribution in [-0.4, -0.2) is 41.8 Å². The van der Waals surface area contributed by atoms with Gasteiger partial charge in [-0.1, -0.05) is 11.6 Å². The van der Waals surface area contributed by atoms with E-state index in [1.807, 2.05) is 17.0 Å². The average molecular weight is 378 g/mol. The molecule has 6 nitrogen and oxygen atoms in total. The zero-order valence-electron chi connectivity index (χ0n) is 14.1. The first-order valence-corrected chi connectivity index (χ1v) is 8.52. The number of benzene rings is 2. The van der Waals surface area contributed by atoms with Crippen molar-refractivity contribution in [3.63, 3.8) is 0 Å². The van der Waals surface area contributed by atoms with E-state index in [0.29, 0.717) is 36.9 Å². The lowest BCUT2D eigenvalue weighted by Gasteiger charge is -2.24. The quantitative estimate of drug-likeness (QED) is 0.612. The molecule has 0 saturated carbocycles. The molecule has 2 N–H and O–H groups in total.